The number of methoxy groups -OCH3 is 1. The Morgan fingerprint density at radius 2 is 1.59 bits per heavy atom. The fourth-order valence-electron chi connectivity index (χ4n) is 3.41. The number of ether oxygens (including phenoxy) is 2. The van der Waals surface area contributed by atoms with Crippen molar-refractivity contribution < 1.29 is 22.7 Å². The summed E-state index contributed by atoms with van der Waals surface area (Å²) in [5, 5.41) is 2.75. The zero-order valence-corrected chi connectivity index (χ0v) is 20.7. The Bertz CT molecular complexity index is 1240. The molecule has 3 aromatic carbocycles. The topological polar surface area (TPSA) is 84.9 Å². The number of hydrogen-bond acceptors (Lipinski definition) is 5. The Morgan fingerprint density at radius 1 is 0.912 bits per heavy atom. The third-order valence-electron chi connectivity index (χ3n) is 5.25. The van der Waals surface area contributed by atoms with Gasteiger partial charge in [-0.1, -0.05) is 36.4 Å². The molecule has 8 heteroatoms. The number of sulfonamides is 1. The van der Waals surface area contributed by atoms with Gasteiger partial charge in [0.2, 0.25) is 5.91 Å². The SMILES string of the molecule is COc1ccc(C)cc1N(CC(=O)NCCOc1cc(C)ccc1C)S(=O)(=O)c1ccccc1. The molecule has 0 radical (unpaired) electrons. The zero-order valence-electron chi connectivity index (χ0n) is 19.9. The van der Waals surface area contributed by atoms with Crippen LogP contribution in [0.5, 0.6) is 11.5 Å². The van der Waals surface area contributed by atoms with Gasteiger partial charge in [-0.3, -0.25) is 9.10 Å². The largest absolute Gasteiger partial charge is 0.495 e. The first-order chi connectivity index (χ1) is 16.2. The van der Waals surface area contributed by atoms with Crippen molar-refractivity contribution in [2.24, 2.45) is 0 Å². The van der Waals surface area contributed by atoms with Crippen LogP contribution in [0.3, 0.4) is 0 Å². The first-order valence-electron chi connectivity index (χ1n) is 10.9. The second kappa shape index (κ2) is 11.1. The molecule has 0 heterocycles. The lowest BCUT2D eigenvalue weighted by Gasteiger charge is -2.26. The van der Waals surface area contributed by atoms with Crippen LogP contribution in [-0.4, -0.2) is 41.1 Å². The molecule has 1 N–H and O–H groups in total. The molecule has 0 bridgehead atoms. The van der Waals surface area contributed by atoms with Gasteiger partial charge in [-0.2, -0.15) is 0 Å². The van der Waals surface area contributed by atoms with Crippen LogP contribution in [0.2, 0.25) is 0 Å². The third-order valence-corrected chi connectivity index (χ3v) is 7.02. The van der Waals surface area contributed by atoms with E-state index in [2.05, 4.69) is 5.32 Å². The van der Waals surface area contributed by atoms with Crippen LogP contribution in [0.15, 0.2) is 71.6 Å². The summed E-state index contributed by atoms with van der Waals surface area (Å²) in [6.45, 7) is 5.87. The highest BCUT2D eigenvalue weighted by Crippen LogP contribution is 2.33. The molecular weight excluding hydrogens is 452 g/mol. The molecular formula is C26H30N2O5S. The quantitative estimate of drug-likeness (QED) is 0.442. The van der Waals surface area contributed by atoms with Crippen molar-refractivity contribution in [1.82, 2.24) is 5.32 Å². The van der Waals surface area contributed by atoms with E-state index in [1.807, 2.05) is 45.0 Å². The van der Waals surface area contributed by atoms with Crippen LogP contribution in [0.25, 0.3) is 0 Å². The Balaban J connectivity index is 1.77. The number of hydrogen-bond donors (Lipinski definition) is 1. The van der Waals surface area contributed by atoms with E-state index in [0.717, 1.165) is 26.7 Å². The maximum absolute atomic E-state index is 13.5. The maximum atomic E-state index is 13.5. The van der Waals surface area contributed by atoms with E-state index in [0.29, 0.717) is 11.4 Å². The van der Waals surface area contributed by atoms with Gasteiger partial charge < -0.3 is 14.8 Å². The number of amides is 1. The zero-order chi connectivity index (χ0) is 24.7. The van der Waals surface area contributed by atoms with Gasteiger partial charge in [0, 0.05) is 0 Å². The molecule has 0 fully saturated rings. The standard InChI is InChI=1S/C26H30N2O5S/c1-19-11-13-24(32-4)23(16-19)28(34(30,31)22-8-6-5-7-9-22)18-26(29)27-14-15-33-25-17-20(2)10-12-21(25)3/h5-13,16-17H,14-15,18H2,1-4H3,(H,27,29). The fraction of sp³-hybridized carbons (Fsp3) is 0.269. The average Bonchev–Trinajstić information content (AvgIpc) is 2.82. The Kier molecular flexibility index (Phi) is 8.17. The van der Waals surface area contributed by atoms with Crippen molar-refractivity contribution in [3.8, 4) is 11.5 Å². The second-order valence-electron chi connectivity index (χ2n) is 7.97. The lowest BCUT2D eigenvalue weighted by molar-refractivity contribution is -0.119. The van der Waals surface area contributed by atoms with Crippen molar-refractivity contribution in [2.75, 3.05) is 31.1 Å². The minimum absolute atomic E-state index is 0.0876. The lowest BCUT2D eigenvalue weighted by atomic mass is 10.1. The van der Waals surface area contributed by atoms with E-state index in [1.54, 1.807) is 30.3 Å². The van der Waals surface area contributed by atoms with E-state index in [9.17, 15) is 13.2 Å². The summed E-state index contributed by atoms with van der Waals surface area (Å²) in [5.41, 5.74) is 3.22. The third kappa shape index (κ3) is 6.08. The number of carbonyl (C=O) groups excluding carboxylic acids is 1. The lowest BCUT2D eigenvalue weighted by Crippen LogP contribution is -2.42. The number of nitrogens with zero attached hydrogens (tertiary/aromatic N) is 1. The molecule has 0 aliphatic rings. The van der Waals surface area contributed by atoms with Crippen LogP contribution < -0.4 is 19.1 Å². The number of aryl methyl sites for hydroxylation is 3. The molecule has 0 atom stereocenters. The molecule has 7 nitrogen and oxygen atoms in total. The summed E-state index contributed by atoms with van der Waals surface area (Å²) in [4.78, 5) is 12.9. The van der Waals surface area contributed by atoms with Crippen molar-refractivity contribution in [3.63, 3.8) is 0 Å². The van der Waals surface area contributed by atoms with Gasteiger partial charge in [0.05, 0.1) is 24.2 Å². The van der Waals surface area contributed by atoms with Gasteiger partial charge in [-0.15, -0.1) is 0 Å². The average molecular weight is 483 g/mol. The van der Waals surface area contributed by atoms with E-state index in [1.165, 1.54) is 19.2 Å². The number of rotatable bonds is 10. The molecule has 0 aliphatic heterocycles. The molecule has 3 rings (SSSR count). The molecule has 0 aliphatic carbocycles. The number of nitrogens with one attached hydrogen (secondary N) is 1. The van der Waals surface area contributed by atoms with Crippen molar-refractivity contribution in [2.45, 2.75) is 25.7 Å². The number of anilines is 1. The summed E-state index contributed by atoms with van der Waals surface area (Å²) in [6, 6.07) is 19.1. The summed E-state index contributed by atoms with van der Waals surface area (Å²) in [6.07, 6.45) is 0. The highest BCUT2D eigenvalue weighted by molar-refractivity contribution is 7.92. The first kappa shape index (κ1) is 25.1. The molecule has 1 amide bonds. The molecule has 3 aromatic rings. The smallest absolute Gasteiger partial charge is 0.264 e. The minimum Gasteiger partial charge on any atom is -0.495 e. The summed E-state index contributed by atoms with van der Waals surface area (Å²) < 4.78 is 39.3. The van der Waals surface area contributed by atoms with Gasteiger partial charge in [0.1, 0.15) is 24.7 Å². The van der Waals surface area contributed by atoms with Crippen molar-refractivity contribution in [3.05, 3.63) is 83.4 Å². The van der Waals surface area contributed by atoms with Crippen LogP contribution in [0.1, 0.15) is 16.7 Å². The Hall–Kier alpha value is -3.52. The number of carbonyl (C=O) groups is 1. The molecule has 0 unspecified atom stereocenters. The summed E-state index contributed by atoms with van der Waals surface area (Å²) in [7, 11) is -2.56. The predicted molar refractivity (Wildman–Crippen MR) is 133 cm³/mol. The molecule has 0 saturated heterocycles. The van der Waals surface area contributed by atoms with Gasteiger partial charge in [0.25, 0.3) is 10.0 Å². The minimum atomic E-state index is -4.02. The van der Waals surface area contributed by atoms with Crippen molar-refractivity contribution >= 4 is 21.6 Å². The molecule has 180 valence electrons. The highest BCUT2D eigenvalue weighted by Gasteiger charge is 2.29. The van der Waals surface area contributed by atoms with E-state index < -0.39 is 22.5 Å². The van der Waals surface area contributed by atoms with Crippen LogP contribution >= 0.6 is 0 Å². The van der Waals surface area contributed by atoms with Crippen LogP contribution in [0.4, 0.5) is 5.69 Å². The Labute approximate surface area is 201 Å². The van der Waals surface area contributed by atoms with Gasteiger partial charge >= 0.3 is 0 Å². The molecule has 34 heavy (non-hydrogen) atoms. The maximum Gasteiger partial charge on any atom is 0.264 e. The monoisotopic (exact) mass is 482 g/mol. The fourth-order valence-corrected chi connectivity index (χ4v) is 4.86. The summed E-state index contributed by atoms with van der Waals surface area (Å²) >= 11 is 0. The van der Waals surface area contributed by atoms with Crippen molar-refractivity contribution in [1.29, 1.82) is 0 Å². The van der Waals surface area contributed by atoms with Gasteiger partial charge in [-0.25, -0.2) is 8.42 Å². The highest BCUT2D eigenvalue weighted by atomic mass is 32.2. The number of benzene rings is 3. The van der Waals surface area contributed by atoms with E-state index in [-0.39, 0.29) is 18.0 Å². The normalized spacial score (nSPS) is 11.1. The predicted octanol–water partition coefficient (Wildman–Crippen LogP) is 4.01. The van der Waals surface area contributed by atoms with Crippen LogP contribution in [-0.2, 0) is 14.8 Å². The van der Waals surface area contributed by atoms with E-state index >= 15 is 0 Å². The molecule has 0 spiro atoms. The summed E-state index contributed by atoms with van der Waals surface area (Å²) in [5.74, 6) is 0.663. The molecule has 0 saturated carbocycles. The second-order valence-corrected chi connectivity index (χ2v) is 9.83. The molecule has 0 aromatic heterocycles. The first-order valence-corrected chi connectivity index (χ1v) is 12.4. The van der Waals surface area contributed by atoms with Crippen LogP contribution in [0, 0.1) is 20.8 Å². The van der Waals surface area contributed by atoms with Gasteiger partial charge in [0.15, 0.2) is 0 Å². The Morgan fingerprint density at radius 3 is 2.29 bits per heavy atom. The van der Waals surface area contributed by atoms with E-state index in [4.69, 9.17) is 9.47 Å². The van der Waals surface area contributed by atoms with Gasteiger partial charge in [-0.05, 0) is 67.8 Å².